The number of likely N-dealkylation sites (tertiary alicyclic amines) is 1. The standard InChI is InChI=1S/C15H22N2O2/c1-15(2,3)19-14(18)17-9-8-13(17)10-11-4-6-12(16)7-5-11/h4-7,13H,8-10,16H2,1-3H3/t13-/m0/s1. The average Bonchev–Trinajstić information content (AvgIpc) is 2.24. The van der Waals surface area contributed by atoms with E-state index in [2.05, 4.69) is 0 Å². The maximum atomic E-state index is 12.0. The van der Waals surface area contributed by atoms with Gasteiger partial charge >= 0.3 is 6.09 Å². The van der Waals surface area contributed by atoms with Gasteiger partial charge in [-0.05, 0) is 51.3 Å². The second-order valence-corrected chi connectivity index (χ2v) is 6.06. The van der Waals surface area contributed by atoms with Crippen LogP contribution in [0.2, 0.25) is 0 Å². The number of nitrogens with two attached hydrogens (primary N) is 1. The molecule has 19 heavy (non-hydrogen) atoms. The lowest BCUT2D eigenvalue weighted by Gasteiger charge is -2.41. The van der Waals surface area contributed by atoms with Crippen LogP contribution >= 0.6 is 0 Å². The first-order chi connectivity index (χ1) is 8.85. The number of nitrogen functional groups attached to an aromatic ring is 1. The molecule has 1 saturated heterocycles. The van der Waals surface area contributed by atoms with E-state index < -0.39 is 5.60 Å². The summed E-state index contributed by atoms with van der Waals surface area (Å²) in [6.45, 7) is 6.45. The monoisotopic (exact) mass is 262 g/mol. The molecule has 1 aliphatic heterocycles. The van der Waals surface area contributed by atoms with E-state index in [1.807, 2.05) is 49.9 Å². The molecule has 0 spiro atoms. The number of ether oxygens (including phenoxy) is 1. The van der Waals surface area contributed by atoms with Crippen LogP contribution in [0, 0.1) is 0 Å². The van der Waals surface area contributed by atoms with Gasteiger partial charge in [0, 0.05) is 18.3 Å². The Morgan fingerprint density at radius 3 is 2.47 bits per heavy atom. The van der Waals surface area contributed by atoms with E-state index in [1.54, 1.807) is 0 Å². The van der Waals surface area contributed by atoms with E-state index in [4.69, 9.17) is 10.5 Å². The van der Waals surface area contributed by atoms with Crippen molar-refractivity contribution in [3.63, 3.8) is 0 Å². The number of amides is 1. The van der Waals surface area contributed by atoms with Crippen molar-refractivity contribution in [3.8, 4) is 0 Å². The van der Waals surface area contributed by atoms with Crippen LogP contribution in [0.1, 0.15) is 32.8 Å². The highest BCUT2D eigenvalue weighted by Crippen LogP contribution is 2.24. The number of nitrogens with zero attached hydrogens (tertiary/aromatic N) is 1. The van der Waals surface area contributed by atoms with Crippen LogP contribution in [0.4, 0.5) is 10.5 Å². The highest BCUT2D eigenvalue weighted by molar-refractivity contribution is 5.69. The fraction of sp³-hybridized carbons (Fsp3) is 0.533. The third-order valence-electron chi connectivity index (χ3n) is 3.22. The zero-order valence-corrected chi connectivity index (χ0v) is 11.8. The van der Waals surface area contributed by atoms with Gasteiger partial charge in [0.1, 0.15) is 5.60 Å². The number of rotatable bonds is 2. The molecule has 2 rings (SSSR count). The minimum absolute atomic E-state index is 0.209. The van der Waals surface area contributed by atoms with E-state index >= 15 is 0 Å². The van der Waals surface area contributed by atoms with Gasteiger partial charge in [0.05, 0.1) is 0 Å². The minimum atomic E-state index is -0.432. The Bertz CT molecular complexity index is 448. The van der Waals surface area contributed by atoms with Crippen molar-refractivity contribution in [1.82, 2.24) is 4.90 Å². The van der Waals surface area contributed by atoms with E-state index in [0.29, 0.717) is 0 Å². The Morgan fingerprint density at radius 1 is 1.37 bits per heavy atom. The number of anilines is 1. The topological polar surface area (TPSA) is 55.6 Å². The summed E-state index contributed by atoms with van der Waals surface area (Å²) in [6.07, 6.45) is 1.68. The second-order valence-electron chi connectivity index (χ2n) is 6.06. The van der Waals surface area contributed by atoms with E-state index in [9.17, 15) is 4.79 Å². The molecule has 1 aromatic rings. The lowest BCUT2D eigenvalue weighted by Crippen LogP contribution is -2.53. The van der Waals surface area contributed by atoms with Crippen molar-refractivity contribution in [2.24, 2.45) is 0 Å². The zero-order chi connectivity index (χ0) is 14.0. The Hall–Kier alpha value is -1.71. The molecule has 0 bridgehead atoms. The molecular formula is C15H22N2O2. The number of hydrogen-bond donors (Lipinski definition) is 1. The predicted molar refractivity (Wildman–Crippen MR) is 75.9 cm³/mol. The number of carbonyl (C=O) groups excluding carboxylic acids is 1. The molecule has 1 heterocycles. The molecule has 1 aliphatic rings. The molecule has 1 atom stereocenters. The molecule has 104 valence electrons. The van der Waals surface area contributed by atoms with Gasteiger partial charge < -0.3 is 15.4 Å². The molecule has 0 aromatic heterocycles. The Balaban J connectivity index is 1.92. The highest BCUT2D eigenvalue weighted by Gasteiger charge is 2.34. The predicted octanol–water partition coefficient (Wildman–Crippen LogP) is 2.82. The number of hydrogen-bond acceptors (Lipinski definition) is 3. The van der Waals surface area contributed by atoms with Gasteiger partial charge in [-0.15, -0.1) is 0 Å². The van der Waals surface area contributed by atoms with Crippen LogP contribution in [-0.2, 0) is 11.2 Å². The van der Waals surface area contributed by atoms with Gasteiger partial charge in [-0.2, -0.15) is 0 Å². The van der Waals surface area contributed by atoms with Crippen molar-refractivity contribution in [3.05, 3.63) is 29.8 Å². The van der Waals surface area contributed by atoms with Gasteiger partial charge in [-0.1, -0.05) is 12.1 Å². The van der Waals surface area contributed by atoms with Crippen molar-refractivity contribution in [2.45, 2.75) is 45.3 Å². The molecule has 0 unspecified atom stereocenters. The Labute approximate surface area is 114 Å². The summed E-state index contributed by atoms with van der Waals surface area (Å²) in [4.78, 5) is 13.8. The van der Waals surface area contributed by atoms with Gasteiger partial charge in [0.2, 0.25) is 0 Å². The highest BCUT2D eigenvalue weighted by atomic mass is 16.6. The average molecular weight is 262 g/mol. The molecule has 0 aliphatic carbocycles. The van der Waals surface area contributed by atoms with Gasteiger partial charge in [0.15, 0.2) is 0 Å². The lowest BCUT2D eigenvalue weighted by molar-refractivity contribution is -0.00498. The first-order valence-electron chi connectivity index (χ1n) is 6.69. The summed E-state index contributed by atoms with van der Waals surface area (Å²) in [5.74, 6) is 0. The molecule has 0 saturated carbocycles. The summed E-state index contributed by atoms with van der Waals surface area (Å²) in [7, 11) is 0. The molecule has 1 aromatic carbocycles. The third-order valence-corrected chi connectivity index (χ3v) is 3.22. The SMILES string of the molecule is CC(C)(C)OC(=O)N1CC[C@H]1Cc1ccc(N)cc1. The molecule has 4 nitrogen and oxygen atoms in total. The first-order valence-corrected chi connectivity index (χ1v) is 6.69. The Morgan fingerprint density at radius 2 is 2.00 bits per heavy atom. The molecule has 0 radical (unpaired) electrons. The molecule has 2 N–H and O–H groups in total. The van der Waals surface area contributed by atoms with E-state index in [0.717, 1.165) is 25.1 Å². The number of carbonyl (C=O) groups is 1. The molecule has 1 fully saturated rings. The van der Waals surface area contributed by atoms with Gasteiger partial charge in [-0.3, -0.25) is 0 Å². The van der Waals surface area contributed by atoms with Gasteiger partial charge in [0.25, 0.3) is 0 Å². The maximum absolute atomic E-state index is 12.0. The summed E-state index contributed by atoms with van der Waals surface area (Å²) >= 11 is 0. The summed E-state index contributed by atoms with van der Waals surface area (Å²) in [6, 6.07) is 8.07. The molecule has 1 amide bonds. The molecule has 4 heteroatoms. The maximum Gasteiger partial charge on any atom is 0.410 e. The van der Waals surface area contributed by atoms with Crippen molar-refractivity contribution in [2.75, 3.05) is 12.3 Å². The minimum Gasteiger partial charge on any atom is -0.444 e. The van der Waals surface area contributed by atoms with Crippen LogP contribution in [0.3, 0.4) is 0 Å². The van der Waals surface area contributed by atoms with E-state index in [1.165, 1.54) is 5.56 Å². The van der Waals surface area contributed by atoms with Gasteiger partial charge in [-0.25, -0.2) is 4.79 Å². The molecular weight excluding hydrogens is 240 g/mol. The second kappa shape index (κ2) is 5.11. The van der Waals surface area contributed by atoms with Crippen LogP contribution in [-0.4, -0.2) is 29.2 Å². The van der Waals surface area contributed by atoms with Crippen LogP contribution in [0.5, 0.6) is 0 Å². The largest absolute Gasteiger partial charge is 0.444 e. The quantitative estimate of drug-likeness (QED) is 0.834. The Kier molecular flexibility index (Phi) is 3.69. The van der Waals surface area contributed by atoms with Crippen LogP contribution < -0.4 is 5.73 Å². The smallest absolute Gasteiger partial charge is 0.410 e. The van der Waals surface area contributed by atoms with Crippen molar-refractivity contribution >= 4 is 11.8 Å². The fourth-order valence-corrected chi connectivity index (χ4v) is 2.14. The zero-order valence-electron chi connectivity index (χ0n) is 11.8. The summed E-state index contributed by atoms with van der Waals surface area (Å²) in [5.41, 5.74) is 7.20. The van der Waals surface area contributed by atoms with Crippen molar-refractivity contribution in [1.29, 1.82) is 0 Å². The van der Waals surface area contributed by atoms with Crippen LogP contribution in [0.15, 0.2) is 24.3 Å². The van der Waals surface area contributed by atoms with Crippen molar-refractivity contribution < 1.29 is 9.53 Å². The third kappa shape index (κ3) is 3.63. The summed E-state index contributed by atoms with van der Waals surface area (Å²) < 4.78 is 5.40. The normalized spacial score (nSPS) is 18.9. The summed E-state index contributed by atoms with van der Waals surface area (Å²) in [5, 5.41) is 0. The lowest BCUT2D eigenvalue weighted by atomic mass is 9.96. The van der Waals surface area contributed by atoms with E-state index in [-0.39, 0.29) is 12.1 Å². The first kappa shape index (κ1) is 13.7. The van der Waals surface area contributed by atoms with Crippen LogP contribution in [0.25, 0.3) is 0 Å². The number of benzene rings is 1. The fourth-order valence-electron chi connectivity index (χ4n) is 2.14.